The second-order valence-electron chi connectivity index (χ2n) is 10.5. The summed E-state index contributed by atoms with van der Waals surface area (Å²) in [6.45, 7) is 6.69. The molecular weight excluding hydrogens is 380 g/mol. The number of ether oxygens (including phenoxy) is 1. The zero-order valence-electron chi connectivity index (χ0n) is 19.3. The van der Waals surface area contributed by atoms with Crippen molar-refractivity contribution in [2.24, 2.45) is 17.3 Å². The lowest BCUT2D eigenvalue weighted by molar-refractivity contribution is -0.127. The number of hydrogen-bond acceptors (Lipinski definition) is 2. The molecule has 2 fully saturated rings. The van der Waals surface area contributed by atoms with Gasteiger partial charge in [0.2, 0.25) is 0 Å². The normalized spacial score (nSPS) is 30.8. The van der Waals surface area contributed by atoms with Crippen molar-refractivity contribution in [1.29, 1.82) is 0 Å². The molecule has 31 heavy (non-hydrogen) atoms. The van der Waals surface area contributed by atoms with Crippen LogP contribution >= 0.6 is 0 Å². The summed E-state index contributed by atoms with van der Waals surface area (Å²) in [5, 5.41) is 0. The van der Waals surface area contributed by atoms with Gasteiger partial charge in [-0.05, 0) is 102 Å². The predicted octanol–water partition coefficient (Wildman–Crippen LogP) is 6.94. The first-order valence-electron chi connectivity index (χ1n) is 11.9. The lowest BCUT2D eigenvalue weighted by Crippen LogP contribution is -2.42. The van der Waals surface area contributed by atoms with Gasteiger partial charge in [0.1, 0.15) is 5.75 Å². The molecule has 2 nitrogen and oxygen atoms in total. The minimum Gasteiger partial charge on any atom is -0.497 e. The van der Waals surface area contributed by atoms with Crippen LogP contribution in [-0.4, -0.2) is 12.9 Å². The molecule has 162 valence electrons. The number of allylic oxidation sites excluding steroid dienone is 1. The van der Waals surface area contributed by atoms with Gasteiger partial charge in [-0.3, -0.25) is 4.79 Å². The van der Waals surface area contributed by atoms with Gasteiger partial charge in [-0.1, -0.05) is 51.1 Å². The highest BCUT2D eigenvalue weighted by Gasteiger charge is 2.56. The van der Waals surface area contributed by atoms with Crippen LogP contribution in [0.5, 0.6) is 5.75 Å². The van der Waals surface area contributed by atoms with E-state index >= 15 is 0 Å². The van der Waals surface area contributed by atoms with E-state index in [1.54, 1.807) is 7.11 Å². The summed E-state index contributed by atoms with van der Waals surface area (Å²) in [6, 6.07) is 15.4. The van der Waals surface area contributed by atoms with Crippen molar-refractivity contribution >= 4 is 11.9 Å². The molecule has 0 radical (unpaired) electrons. The third kappa shape index (κ3) is 3.35. The first-order valence-corrected chi connectivity index (χ1v) is 11.9. The van der Waals surface area contributed by atoms with Crippen molar-refractivity contribution in [3.63, 3.8) is 0 Å². The van der Waals surface area contributed by atoms with Gasteiger partial charge >= 0.3 is 0 Å². The van der Waals surface area contributed by atoms with E-state index in [-0.39, 0.29) is 5.41 Å². The summed E-state index contributed by atoms with van der Waals surface area (Å²) >= 11 is 0. The molecule has 0 heterocycles. The van der Waals surface area contributed by atoms with E-state index in [1.807, 2.05) is 0 Å². The zero-order valence-corrected chi connectivity index (χ0v) is 19.3. The number of Topliss-reactive ketones (excluding diaryl/α,β-unsaturated/α-hetero) is 1. The Bertz CT molecular complexity index is 1030. The fourth-order valence-electron chi connectivity index (χ4n) is 6.66. The summed E-state index contributed by atoms with van der Waals surface area (Å²) in [5.41, 5.74) is 6.33. The molecule has 0 aromatic heterocycles. The van der Waals surface area contributed by atoms with Crippen LogP contribution in [0.2, 0.25) is 0 Å². The lowest BCUT2D eigenvalue weighted by atomic mass is 9.55. The molecule has 2 heteroatoms. The smallest absolute Gasteiger partial charge is 0.165 e. The maximum atomic E-state index is 13.6. The van der Waals surface area contributed by atoms with Crippen LogP contribution in [0.15, 0.2) is 48.0 Å². The second kappa shape index (κ2) is 7.65. The van der Waals surface area contributed by atoms with Gasteiger partial charge in [-0.15, -0.1) is 0 Å². The van der Waals surface area contributed by atoms with E-state index in [0.717, 1.165) is 42.6 Å². The summed E-state index contributed by atoms with van der Waals surface area (Å²) < 4.78 is 5.45. The quantitative estimate of drug-likeness (QED) is 0.509. The van der Waals surface area contributed by atoms with Gasteiger partial charge in [0.15, 0.2) is 5.78 Å². The Kier molecular flexibility index (Phi) is 5.07. The summed E-state index contributed by atoms with van der Waals surface area (Å²) in [7, 11) is 1.74. The molecule has 2 aromatic carbocycles. The minimum atomic E-state index is -0.186. The topological polar surface area (TPSA) is 26.3 Å². The summed E-state index contributed by atoms with van der Waals surface area (Å²) in [5.74, 6) is 3.56. The molecule has 0 amide bonds. The molecule has 2 aromatic rings. The van der Waals surface area contributed by atoms with E-state index in [0.29, 0.717) is 29.5 Å². The monoisotopic (exact) mass is 414 g/mol. The Morgan fingerprint density at radius 3 is 2.58 bits per heavy atom. The van der Waals surface area contributed by atoms with Gasteiger partial charge in [-0.2, -0.15) is 0 Å². The van der Waals surface area contributed by atoms with Crippen LogP contribution in [0.4, 0.5) is 0 Å². The highest BCUT2D eigenvalue weighted by atomic mass is 16.5. The largest absolute Gasteiger partial charge is 0.497 e. The molecule has 3 aliphatic rings. The molecule has 2 saturated carbocycles. The zero-order chi connectivity index (χ0) is 21.8. The Hall–Kier alpha value is -2.35. The van der Waals surface area contributed by atoms with E-state index in [9.17, 15) is 4.79 Å². The number of fused-ring (bicyclic) bond motifs is 5. The summed E-state index contributed by atoms with van der Waals surface area (Å²) in [6.07, 6.45) is 7.53. The highest BCUT2D eigenvalue weighted by molar-refractivity contribution is 6.06. The molecule has 0 bridgehead atoms. The van der Waals surface area contributed by atoms with Crippen molar-refractivity contribution in [2.75, 3.05) is 7.11 Å². The maximum absolute atomic E-state index is 13.6. The number of ketones is 1. The Morgan fingerprint density at radius 1 is 1.10 bits per heavy atom. The first kappa shape index (κ1) is 20.5. The van der Waals surface area contributed by atoms with Gasteiger partial charge < -0.3 is 4.74 Å². The molecule has 0 unspecified atom stereocenters. The molecule has 0 aliphatic heterocycles. The molecule has 3 aliphatic carbocycles. The van der Waals surface area contributed by atoms with E-state index in [4.69, 9.17) is 4.74 Å². The van der Waals surface area contributed by atoms with E-state index in [2.05, 4.69) is 69.3 Å². The maximum Gasteiger partial charge on any atom is 0.165 e. The van der Waals surface area contributed by atoms with Crippen LogP contribution < -0.4 is 4.74 Å². The number of carbonyl (C=O) groups excluding carboxylic acids is 1. The number of carbonyl (C=O) groups is 1. The predicted molar refractivity (Wildman–Crippen MR) is 127 cm³/mol. The Labute approximate surface area is 186 Å². The van der Waals surface area contributed by atoms with Gasteiger partial charge in [0.25, 0.3) is 0 Å². The fourth-order valence-corrected chi connectivity index (χ4v) is 6.66. The molecule has 0 saturated heterocycles. The highest BCUT2D eigenvalue weighted by Crippen LogP contribution is 2.60. The number of aryl methyl sites for hydroxylation is 1. The molecule has 4 atom stereocenters. The molecule has 0 spiro atoms. The average molecular weight is 415 g/mol. The fraction of sp³-hybridized carbons (Fsp3) is 0.483. The molecule has 0 N–H and O–H groups in total. The Balaban J connectivity index is 1.43. The van der Waals surface area contributed by atoms with Crippen molar-refractivity contribution in [2.45, 2.75) is 64.7 Å². The third-order valence-corrected chi connectivity index (χ3v) is 8.52. The van der Waals surface area contributed by atoms with Crippen molar-refractivity contribution in [3.05, 3.63) is 70.3 Å². The first-order chi connectivity index (χ1) is 14.9. The van der Waals surface area contributed by atoms with Gasteiger partial charge in [0.05, 0.1) is 7.11 Å². The van der Waals surface area contributed by atoms with Crippen LogP contribution in [0.1, 0.15) is 80.5 Å². The second-order valence-corrected chi connectivity index (χ2v) is 10.5. The minimum absolute atomic E-state index is 0.186. The van der Waals surface area contributed by atoms with E-state index in [1.165, 1.54) is 23.1 Å². The van der Waals surface area contributed by atoms with Crippen molar-refractivity contribution in [1.82, 2.24) is 0 Å². The number of rotatable bonds is 3. The standard InChI is InChI=1S/C29H34O2/c1-18(2)20-7-5-19(6-8-20)15-22-17-27-26-11-9-21-16-23(31-4)10-12-24(21)25(26)13-14-29(27,3)28(22)30/h5-8,10,12,15-16,18,25-27H,9,11,13-14,17H2,1-4H3/b22-15+/t25-,26-,27-,29-/m1/s1. The number of hydrogen-bond donors (Lipinski definition) is 0. The third-order valence-electron chi connectivity index (χ3n) is 8.52. The van der Waals surface area contributed by atoms with Crippen LogP contribution in [0.3, 0.4) is 0 Å². The SMILES string of the molecule is COc1ccc2c(c1)CC[C@@H]1[C@@H]2CC[C@@]2(C)C(=O)/C(=C/c3ccc(C(C)C)cc3)C[C@H]12. The summed E-state index contributed by atoms with van der Waals surface area (Å²) in [4.78, 5) is 13.6. The number of methoxy groups -OCH3 is 1. The average Bonchev–Trinajstić information content (AvgIpc) is 3.04. The molecule has 5 rings (SSSR count). The van der Waals surface area contributed by atoms with Gasteiger partial charge in [-0.25, -0.2) is 0 Å². The molecular formula is C29H34O2. The van der Waals surface area contributed by atoms with Crippen molar-refractivity contribution < 1.29 is 9.53 Å². The number of benzene rings is 2. The van der Waals surface area contributed by atoms with Crippen molar-refractivity contribution in [3.8, 4) is 5.75 Å². The van der Waals surface area contributed by atoms with Crippen LogP contribution in [0, 0.1) is 17.3 Å². The van der Waals surface area contributed by atoms with Crippen LogP contribution in [-0.2, 0) is 11.2 Å². The van der Waals surface area contributed by atoms with Crippen LogP contribution in [0.25, 0.3) is 6.08 Å². The van der Waals surface area contributed by atoms with E-state index < -0.39 is 0 Å². The Morgan fingerprint density at radius 2 is 1.87 bits per heavy atom. The van der Waals surface area contributed by atoms with Gasteiger partial charge in [0, 0.05) is 5.41 Å². The lowest BCUT2D eigenvalue weighted by Gasteiger charge is -2.48.